The minimum absolute atomic E-state index is 0.0268. The first-order valence-corrected chi connectivity index (χ1v) is 12.2. The lowest BCUT2D eigenvalue weighted by molar-refractivity contribution is 0.0420. The van der Waals surface area contributed by atoms with E-state index in [9.17, 15) is 23.6 Å². The van der Waals surface area contributed by atoms with Crippen molar-refractivity contribution in [1.29, 1.82) is 0 Å². The van der Waals surface area contributed by atoms with E-state index >= 15 is 0 Å². The maximum atomic E-state index is 14.7. The molecule has 2 aliphatic rings. The molecular weight excluding hydrogens is 467 g/mol. The molecule has 2 fully saturated rings. The van der Waals surface area contributed by atoms with Gasteiger partial charge in [-0.25, -0.2) is 14.0 Å². The quantitative estimate of drug-likeness (QED) is 0.601. The van der Waals surface area contributed by atoms with Crippen molar-refractivity contribution in [2.45, 2.75) is 38.3 Å². The van der Waals surface area contributed by atoms with Crippen molar-refractivity contribution in [1.82, 2.24) is 19.4 Å². The van der Waals surface area contributed by atoms with Crippen LogP contribution in [-0.4, -0.2) is 63.6 Å². The van der Waals surface area contributed by atoms with E-state index < -0.39 is 23.0 Å². The summed E-state index contributed by atoms with van der Waals surface area (Å²) in [5.41, 5.74) is -0.178. The van der Waals surface area contributed by atoms with Crippen molar-refractivity contribution in [3.8, 4) is 0 Å². The van der Waals surface area contributed by atoms with Crippen molar-refractivity contribution in [2.75, 3.05) is 26.2 Å². The maximum absolute atomic E-state index is 14.7. The van der Waals surface area contributed by atoms with Gasteiger partial charge in [0.25, 0.3) is 11.5 Å². The summed E-state index contributed by atoms with van der Waals surface area (Å²) in [5, 5.41) is 0.361. The average Bonchev–Trinajstić information content (AvgIpc) is 3.40. The number of nitrogens with one attached hydrogen (secondary N) is 1. The fraction of sp³-hybridized carbons (Fsp3) is 0.385. The molecule has 2 amide bonds. The van der Waals surface area contributed by atoms with Gasteiger partial charge in [-0.1, -0.05) is 18.2 Å². The van der Waals surface area contributed by atoms with Gasteiger partial charge in [0.15, 0.2) is 0 Å². The van der Waals surface area contributed by atoms with Crippen molar-refractivity contribution >= 4 is 22.9 Å². The molecule has 1 saturated carbocycles. The summed E-state index contributed by atoms with van der Waals surface area (Å²) in [6.45, 7) is 1.23. The van der Waals surface area contributed by atoms with Gasteiger partial charge in [-0.05, 0) is 55.5 Å². The van der Waals surface area contributed by atoms with Crippen LogP contribution in [0.4, 0.5) is 9.18 Å². The smallest absolute Gasteiger partial charge is 0.410 e. The van der Waals surface area contributed by atoms with Gasteiger partial charge in [0.1, 0.15) is 11.9 Å². The Morgan fingerprint density at radius 3 is 2.42 bits per heavy atom. The van der Waals surface area contributed by atoms with Crippen molar-refractivity contribution < 1.29 is 18.7 Å². The number of halogens is 1. The number of aromatic amines is 1. The maximum Gasteiger partial charge on any atom is 0.410 e. The first-order chi connectivity index (χ1) is 17.4. The molecular formula is C26H27FN4O5. The molecule has 3 aromatic rings. The van der Waals surface area contributed by atoms with E-state index in [0.29, 0.717) is 29.6 Å². The number of H-pyrrole nitrogens is 1. The van der Waals surface area contributed by atoms with Crippen LogP contribution in [0, 0.1) is 5.82 Å². The summed E-state index contributed by atoms with van der Waals surface area (Å²) in [7, 11) is 0. The number of ether oxygens (including phenoxy) is 1. The second kappa shape index (κ2) is 9.96. The van der Waals surface area contributed by atoms with E-state index in [0.717, 1.165) is 25.7 Å². The number of para-hydroxylation sites is 1. The Morgan fingerprint density at radius 1 is 0.972 bits per heavy atom. The monoisotopic (exact) mass is 494 g/mol. The number of hydrogen-bond acceptors (Lipinski definition) is 5. The molecule has 9 nitrogen and oxygen atoms in total. The molecule has 36 heavy (non-hydrogen) atoms. The standard InChI is InChI=1S/C26H27FN4O5/c27-21-10-9-17(16-31-22-8-4-3-7-19(22)23(32)28-25(31)34)15-20(21)24(33)29-11-13-30(14-12-29)26(35)36-18-5-1-2-6-18/h3-4,7-10,15,18H,1-2,5-6,11-14,16H2,(H,28,32,34). The highest BCUT2D eigenvalue weighted by molar-refractivity contribution is 5.95. The van der Waals surface area contributed by atoms with Crippen LogP contribution in [0.5, 0.6) is 0 Å². The van der Waals surface area contributed by atoms with E-state index in [1.165, 1.54) is 27.7 Å². The first-order valence-electron chi connectivity index (χ1n) is 12.2. The van der Waals surface area contributed by atoms with Crippen molar-refractivity contribution in [2.24, 2.45) is 0 Å². The van der Waals surface area contributed by atoms with Crippen LogP contribution in [0.15, 0.2) is 52.1 Å². The molecule has 1 aliphatic heterocycles. The third-order valence-corrected chi connectivity index (χ3v) is 6.90. The van der Waals surface area contributed by atoms with E-state index in [-0.39, 0.29) is 37.4 Å². The Labute approximate surface area is 206 Å². The number of hydrogen-bond donors (Lipinski definition) is 1. The fourth-order valence-electron chi connectivity index (χ4n) is 4.90. The average molecular weight is 495 g/mol. The zero-order chi connectivity index (χ0) is 25.2. The van der Waals surface area contributed by atoms with Gasteiger partial charge in [-0.15, -0.1) is 0 Å². The molecule has 2 aromatic carbocycles. The lowest BCUT2D eigenvalue weighted by atomic mass is 10.1. The summed E-state index contributed by atoms with van der Waals surface area (Å²) >= 11 is 0. The van der Waals surface area contributed by atoms with Gasteiger partial charge in [-0.3, -0.25) is 19.1 Å². The molecule has 1 saturated heterocycles. The Morgan fingerprint density at radius 2 is 1.67 bits per heavy atom. The number of benzene rings is 2. The lowest BCUT2D eigenvalue weighted by Crippen LogP contribution is -2.51. The number of nitrogens with zero attached hydrogens (tertiary/aromatic N) is 3. The second-order valence-corrected chi connectivity index (χ2v) is 9.25. The predicted octanol–water partition coefficient (Wildman–Crippen LogP) is 2.71. The van der Waals surface area contributed by atoms with Crippen LogP contribution in [0.3, 0.4) is 0 Å². The highest BCUT2D eigenvalue weighted by Gasteiger charge is 2.29. The van der Waals surface area contributed by atoms with Crippen LogP contribution < -0.4 is 11.2 Å². The molecule has 0 atom stereocenters. The van der Waals surface area contributed by atoms with Gasteiger partial charge in [0.05, 0.1) is 23.0 Å². The predicted molar refractivity (Wildman–Crippen MR) is 131 cm³/mol. The second-order valence-electron chi connectivity index (χ2n) is 9.25. The number of carbonyl (C=O) groups is 2. The number of carbonyl (C=O) groups excluding carboxylic acids is 2. The van der Waals surface area contributed by atoms with Gasteiger partial charge >= 0.3 is 11.8 Å². The Bertz CT molecular complexity index is 1420. The summed E-state index contributed by atoms with van der Waals surface area (Å²) in [6.07, 6.45) is 3.53. The van der Waals surface area contributed by atoms with E-state index in [1.54, 1.807) is 29.2 Å². The summed E-state index contributed by atoms with van der Waals surface area (Å²) in [5.74, 6) is -1.14. The Hall–Kier alpha value is -3.95. The summed E-state index contributed by atoms with van der Waals surface area (Å²) in [6, 6.07) is 10.9. The van der Waals surface area contributed by atoms with Crippen LogP contribution in [0.2, 0.25) is 0 Å². The zero-order valence-electron chi connectivity index (χ0n) is 19.7. The molecule has 1 aromatic heterocycles. The minimum atomic E-state index is -0.662. The van der Waals surface area contributed by atoms with Crippen LogP contribution in [0.1, 0.15) is 41.6 Å². The van der Waals surface area contributed by atoms with Crippen LogP contribution in [0.25, 0.3) is 10.9 Å². The number of rotatable bonds is 4. The van der Waals surface area contributed by atoms with E-state index in [2.05, 4.69) is 4.98 Å². The highest BCUT2D eigenvalue weighted by Crippen LogP contribution is 2.22. The normalized spacial score (nSPS) is 16.5. The van der Waals surface area contributed by atoms with Crippen molar-refractivity contribution in [3.63, 3.8) is 0 Å². The van der Waals surface area contributed by atoms with Gasteiger partial charge < -0.3 is 14.5 Å². The first kappa shape index (κ1) is 23.8. The molecule has 0 radical (unpaired) electrons. The Balaban J connectivity index is 1.30. The van der Waals surface area contributed by atoms with Gasteiger partial charge in [0.2, 0.25) is 0 Å². The van der Waals surface area contributed by atoms with Gasteiger partial charge in [0, 0.05) is 26.2 Å². The molecule has 0 bridgehead atoms. The number of fused-ring (bicyclic) bond motifs is 1. The summed E-state index contributed by atoms with van der Waals surface area (Å²) in [4.78, 5) is 55.6. The summed E-state index contributed by atoms with van der Waals surface area (Å²) < 4.78 is 21.6. The molecule has 0 spiro atoms. The Kier molecular flexibility index (Phi) is 6.58. The van der Waals surface area contributed by atoms with Crippen LogP contribution in [-0.2, 0) is 11.3 Å². The van der Waals surface area contributed by atoms with Crippen LogP contribution >= 0.6 is 0 Å². The third kappa shape index (κ3) is 4.75. The van der Waals surface area contributed by atoms with Gasteiger partial charge in [-0.2, -0.15) is 0 Å². The number of amides is 2. The fourth-order valence-corrected chi connectivity index (χ4v) is 4.90. The van der Waals surface area contributed by atoms with E-state index in [1.807, 2.05) is 0 Å². The molecule has 188 valence electrons. The molecule has 2 heterocycles. The SMILES string of the molecule is O=C(OC1CCCC1)N1CCN(C(=O)c2cc(Cn3c(=O)[nH]c(=O)c4ccccc43)ccc2F)CC1. The number of piperazine rings is 1. The van der Waals surface area contributed by atoms with E-state index in [4.69, 9.17) is 4.74 Å². The molecule has 1 aliphatic carbocycles. The third-order valence-electron chi connectivity index (χ3n) is 6.90. The minimum Gasteiger partial charge on any atom is -0.446 e. The zero-order valence-corrected chi connectivity index (χ0v) is 19.7. The molecule has 1 N–H and O–H groups in total. The largest absolute Gasteiger partial charge is 0.446 e. The topological polar surface area (TPSA) is 105 Å². The molecule has 10 heteroatoms. The molecule has 5 rings (SSSR count). The number of aromatic nitrogens is 2. The molecule has 0 unspecified atom stereocenters. The van der Waals surface area contributed by atoms with Crippen molar-refractivity contribution in [3.05, 3.63) is 80.2 Å². The lowest BCUT2D eigenvalue weighted by Gasteiger charge is -2.34. The highest BCUT2D eigenvalue weighted by atomic mass is 19.1.